The molecule has 7 heterocycles. The van der Waals surface area contributed by atoms with Crippen LogP contribution in [-0.4, -0.2) is 113 Å². The van der Waals surface area contributed by atoms with E-state index in [1.807, 2.05) is 12.3 Å². The van der Waals surface area contributed by atoms with Crippen molar-refractivity contribution in [2.75, 3.05) is 51.8 Å². The van der Waals surface area contributed by atoms with E-state index in [1.165, 1.54) is 11.3 Å². The molecule has 2 saturated carbocycles. The first-order valence-electron chi connectivity index (χ1n) is 21.3. The van der Waals surface area contributed by atoms with Gasteiger partial charge in [-0.2, -0.15) is 5.10 Å². The molecule has 3 aromatic heterocycles. The van der Waals surface area contributed by atoms with Crippen molar-refractivity contribution < 1.29 is 23.9 Å². The average molecular weight is 824 g/mol. The molecule has 5 atom stereocenters. The van der Waals surface area contributed by atoms with Gasteiger partial charge in [0.25, 0.3) is 5.91 Å². The molecular formula is C44H57N9O5S. The van der Waals surface area contributed by atoms with E-state index in [4.69, 9.17) is 24.7 Å². The zero-order valence-corrected chi connectivity index (χ0v) is 36.1. The molecule has 8 bridgehead atoms. The Morgan fingerprint density at radius 3 is 2.59 bits per heavy atom. The van der Waals surface area contributed by atoms with Gasteiger partial charge in [0.05, 0.1) is 29.1 Å². The van der Waals surface area contributed by atoms with Crippen molar-refractivity contribution in [3.8, 4) is 22.5 Å². The number of rotatable bonds is 7. The molecule has 6 aliphatic rings. The highest BCUT2D eigenvalue weighted by atomic mass is 32.1. The lowest BCUT2D eigenvalue weighted by Crippen LogP contribution is -2.71. The molecule has 0 spiro atoms. The summed E-state index contributed by atoms with van der Waals surface area (Å²) in [5.41, 5.74) is 9.59. The molecule has 5 fully saturated rings. The molecule has 314 valence electrons. The van der Waals surface area contributed by atoms with E-state index in [0.717, 1.165) is 88.1 Å². The summed E-state index contributed by atoms with van der Waals surface area (Å²) in [5, 5.41) is 18.2. The van der Waals surface area contributed by atoms with Crippen LogP contribution in [0.1, 0.15) is 76.3 Å². The van der Waals surface area contributed by atoms with Crippen molar-refractivity contribution in [1.29, 1.82) is 0 Å². The number of hydrogen-bond acceptors (Lipinski definition) is 12. The Kier molecular flexibility index (Phi) is 10.5. The fourth-order valence-corrected chi connectivity index (χ4v) is 10.3. The Hall–Kier alpha value is -4.44. The first kappa shape index (κ1) is 40.0. The number of hydrazine groups is 1. The van der Waals surface area contributed by atoms with Crippen molar-refractivity contribution in [2.24, 2.45) is 23.2 Å². The minimum absolute atomic E-state index is 0.0407. The molecule has 59 heavy (non-hydrogen) atoms. The van der Waals surface area contributed by atoms with E-state index in [9.17, 15) is 14.4 Å². The number of esters is 1. The van der Waals surface area contributed by atoms with Crippen LogP contribution in [-0.2, 0) is 43.2 Å². The number of aryl methyl sites for hydroxylation is 1. The highest BCUT2D eigenvalue weighted by molar-refractivity contribution is 7.10. The van der Waals surface area contributed by atoms with Gasteiger partial charge in [0.2, 0.25) is 5.91 Å². The summed E-state index contributed by atoms with van der Waals surface area (Å²) in [7, 11) is 3.85. The van der Waals surface area contributed by atoms with Crippen molar-refractivity contribution >= 4 is 45.8 Å². The van der Waals surface area contributed by atoms with Gasteiger partial charge < -0.3 is 29.2 Å². The Morgan fingerprint density at radius 2 is 1.88 bits per heavy atom. The van der Waals surface area contributed by atoms with Gasteiger partial charge in [-0.25, -0.2) is 10.4 Å². The van der Waals surface area contributed by atoms with Crippen LogP contribution in [0.25, 0.3) is 33.4 Å². The number of likely N-dealkylation sites (N-methyl/N-ethyl adjacent to an activating group) is 1. The van der Waals surface area contributed by atoms with Gasteiger partial charge in [0, 0.05) is 91.0 Å². The average Bonchev–Trinajstić information content (AvgIpc) is 3.64. The lowest BCUT2D eigenvalue weighted by atomic mass is 9.73. The van der Waals surface area contributed by atoms with Gasteiger partial charge in [-0.15, -0.1) is 16.4 Å². The highest BCUT2D eigenvalue weighted by Crippen LogP contribution is 2.44. The lowest BCUT2D eigenvalue weighted by molar-refractivity contribution is -0.171. The molecule has 0 radical (unpaired) electrons. The second-order valence-corrected chi connectivity index (χ2v) is 19.3. The van der Waals surface area contributed by atoms with Crippen LogP contribution in [0, 0.1) is 23.2 Å². The summed E-state index contributed by atoms with van der Waals surface area (Å²) in [6.07, 6.45) is 2.79. The monoisotopic (exact) mass is 823 g/mol. The number of nitrogens with one attached hydrogen (secondary N) is 2. The number of methoxy groups -OCH3 is 1. The first-order valence-corrected chi connectivity index (χ1v) is 22.2. The first-order chi connectivity index (χ1) is 28.3. The number of hydrogen-bond donors (Lipinski definition) is 2. The maximum Gasteiger partial charge on any atom is 0.325 e. The summed E-state index contributed by atoms with van der Waals surface area (Å²) < 4.78 is 14.5. The number of thiazole rings is 1. The number of benzene rings is 1. The molecule has 14 nitrogen and oxygen atoms in total. The number of amides is 2. The van der Waals surface area contributed by atoms with Crippen LogP contribution in [0.5, 0.6) is 0 Å². The zero-order chi connectivity index (χ0) is 41.3. The van der Waals surface area contributed by atoms with E-state index < -0.39 is 17.5 Å². The maximum absolute atomic E-state index is 14.4. The van der Waals surface area contributed by atoms with Gasteiger partial charge in [0.1, 0.15) is 17.8 Å². The standard InChI is InChI=1S/C44H57N9O5S/c1-8-52-35-10-9-26-18-30(35)32(40(52)31-19-36(47-48-38(31)25(3)57-7)51-13-11-50(6)12-14-51)21-44(4,5)23-58-43(56)39-27-16-28(17-27)53(49-39)42(55)33(20-37-45-34(26)22-59-37)46-41(54)29-15-24(29)2/h9-10,18-19,22,24-25,27-29,33,39,49H,8,11-17,20-21,23H2,1-7H3,(H,46,54)/t24-,25-,27?,28?,29?,33-,39-/m0/s1. The van der Waals surface area contributed by atoms with E-state index in [1.54, 1.807) is 12.1 Å². The van der Waals surface area contributed by atoms with Crippen molar-refractivity contribution in [2.45, 2.75) is 97.5 Å². The molecule has 10 rings (SSSR count). The van der Waals surface area contributed by atoms with Gasteiger partial charge >= 0.3 is 5.97 Å². The highest BCUT2D eigenvalue weighted by Gasteiger charge is 2.51. The number of carbonyl (C=O) groups is 3. The number of piperazine rings is 1. The summed E-state index contributed by atoms with van der Waals surface area (Å²) in [6, 6.07) is 7.20. The third-order valence-electron chi connectivity index (χ3n) is 13.4. The van der Waals surface area contributed by atoms with Crippen LogP contribution in [0.15, 0.2) is 29.6 Å². The van der Waals surface area contributed by atoms with Gasteiger partial charge in [0.15, 0.2) is 5.82 Å². The Labute approximate surface area is 350 Å². The number of carbonyl (C=O) groups excluding carboxylic acids is 3. The minimum Gasteiger partial charge on any atom is -0.464 e. The molecule has 1 unspecified atom stereocenters. The lowest BCUT2D eigenvalue weighted by Gasteiger charge is -2.53. The smallest absolute Gasteiger partial charge is 0.325 e. The molecule has 2 amide bonds. The number of cyclic esters (lactones) is 1. The predicted octanol–water partition coefficient (Wildman–Crippen LogP) is 5.00. The Morgan fingerprint density at radius 1 is 1.12 bits per heavy atom. The molecule has 15 heteroatoms. The molecule has 2 aliphatic carbocycles. The molecule has 3 saturated heterocycles. The van der Waals surface area contributed by atoms with Gasteiger partial charge in [-0.05, 0) is 82.2 Å². The fourth-order valence-electron chi connectivity index (χ4n) is 9.48. The molecule has 2 N–H and O–H groups in total. The quantitative estimate of drug-likeness (QED) is 0.243. The molecule has 1 aromatic carbocycles. The van der Waals surface area contributed by atoms with Crippen molar-refractivity contribution in [1.82, 2.24) is 40.4 Å². The number of nitrogens with zero attached hydrogens (tertiary/aromatic N) is 7. The van der Waals surface area contributed by atoms with Gasteiger partial charge in [-0.3, -0.25) is 19.4 Å². The van der Waals surface area contributed by atoms with Crippen LogP contribution < -0.4 is 15.6 Å². The van der Waals surface area contributed by atoms with Crippen LogP contribution >= 0.6 is 11.3 Å². The number of fused-ring (bicyclic) bond motifs is 4. The largest absolute Gasteiger partial charge is 0.464 e. The van der Waals surface area contributed by atoms with Crippen LogP contribution in [0.2, 0.25) is 0 Å². The topological polar surface area (TPSA) is 147 Å². The maximum atomic E-state index is 14.4. The number of ether oxygens (including phenoxy) is 2. The Balaban J connectivity index is 1.17. The number of aromatic nitrogens is 4. The normalized spacial score (nSPS) is 27.5. The van der Waals surface area contributed by atoms with Gasteiger partial charge in [-0.1, -0.05) is 26.8 Å². The summed E-state index contributed by atoms with van der Waals surface area (Å²) in [5.74, 6) is 0.425. The predicted molar refractivity (Wildman–Crippen MR) is 227 cm³/mol. The zero-order valence-electron chi connectivity index (χ0n) is 35.3. The molecular weight excluding hydrogens is 767 g/mol. The Bertz CT molecular complexity index is 2270. The van der Waals surface area contributed by atoms with E-state index in [-0.39, 0.29) is 54.8 Å². The molecule has 4 aromatic rings. The third kappa shape index (κ3) is 7.52. The van der Waals surface area contributed by atoms with E-state index in [2.05, 4.69) is 84.1 Å². The SMILES string of the molecule is CCn1c(-c2cc(N3CCN(C)CC3)nnc2[C@H](C)OC)c2c3cc(ccc31)-c1csc(n1)C[C@H](NC(=O)C1C[C@@H]1C)C(=O)N1N[C@H](C(=O)OCC(C)(C)C2)C2CC1C2. The second-order valence-electron chi connectivity index (χ2n) is 18.3. The minimum atomic E-state index is -0.822. The van der Waals surface area contributed by atoms with E-state index >= 15 is 0 Å². The van der Waals surface area contributed by atoms with E-state index in [0.29, 0.717) is 31.7 Å². The number of anilines is 1. The van der Waals surface area contributed by atoms with Crippen LogP contribution in [0.4, 0.5) is 5.82 Å². The van der Waals surface area contributed by atoms with Crippen molar-refractivity contribution in [3.63, 3.8) is 0 Å². The molecule has 4 aliphatic heterocycles. The van der Waals surface area contributed by atoms with Crippen molar-refractivity contribution in [3.05, 3.63) is 45.9 Å². The fraction of sp³-hybridized carbons (Fsp3) is 0.591. The third-order valence-corrected chi connectivity index (χ3v) is 14.3. The second kappa shape index (κ2) is 15.5. The summed E-state index contributed by atoms with van der Waals surface area (Å²) in [6.45, 7) is 15.0. The summed E-state index contributed by atoms with van der Waals surface area (Å²) >= 11 is 1.50. The summed E-state index contributed by atoms with van der Waals surface area (Å²) in [4.78, 5) is 51.4. The van der Waals surface area contributed by atoms with Crippen LogP contribution in [0.3, 0.4) is 0 Å².